The molecule has 0 saturated carbocycles. The molecule has 0 saturated heterocycles. The van der Waals surface area contributed by atoms with Gasteiger partial charge in [0, 0.05) is 36.3 Å². The summed E-state index contributed by atoms with van der Waals surface area (Å²) < 4.78 is 28.6. The first-order valence-electron chi connectivity index (χ1n) is 10.2. The van der Waals surface area contributed by atoms with E-state index in [-0.39, 0.29) is 29.1 Å². The largest absolute Gasteiger partial charge is 0.507 e. The second kappa shape index (κ2) is 9.13. The molecule has 2 amide bonds. The van der Waals surface area contributed by atoms with Crippen molar-refractivity contribution in [3.8, 4) is 5.75 Å². The maximum Gasteiger partial charge on any atom is 0.255 e. The zero-order valence-electron chi connectivity index (χ0n) is 17.1. The van der Waals surface area contributed by atoms with Crippen LogP contribution in [-0.4, -0.2) is 31.7 Å². The normalized spacial score (nSPS) is 13.2. The van der Waals surface area contributed by atoms with Gasteiger partial charge in [-0.1, -0.05) is 6.42 Å². The summed E-state index contributed by atoms with van der Waals surface area (Å²) in [4.78, 5) is 24.7. The zero-order chi connectivity index (χ0) is 22.7. The van der Waals surface area contributed by atoms with E-state index >= 15 is 0 Å². The summed E-state index contributed by atoms with van der Waals surface area (Å²) >= 11 is 0. The number of anilines is 1. The molecule has 166 valence electrons. The van der Waals surface area contributed by atoms with Crippen molar-refractivity contribution in [3.05, 3.63) is 70.8 Å². The molecule has 3 N–H and O–H groups in total. The van der Waals surface area contributed by atoms with Crippen molar-refractivity contribution in [3.63, 3.8) is 0 Å². The summed E-state index contributed by atoms with van der Waals surface area (Å²) in [7, 11) is 0. The van der Waals surface area contributed by atoms with Gasteiger partial charge in [0.25, 0.3) is 11.8 Å². The maximum absolute atomic E-state index is 13.3. The molecule has 0 unspecified atom stereocenters. The number of carbonyl (C=O) groups excluding carboxylic acids is 2. The highest BCUT2D eigenvalue weighted by molar-refractivity contribution is 6.05. The van der Waals surface area contributed by atoms with Crippen LogP contribution < -0.4 is 10.6 Å². The average molecular weight is 441 g/mol. The number of aryl methyl sites for hydroxylation is 1. The highest BCUT2D eigenvalue weighted by atomic mass is 19.1. The van der Waals surface area contributed by atoms with Gasteiger partial charge in [0.1, 0.15) is 23.2 Å². The second-order valence-corrected chi connectivity index (χ2v) is 7.52. The molecule has 0 fully saturated rings. The fourth-order valence-electron chi connectivity index (χ4n) is 3.62. The number of aromatic nitrogens is 3. The topological polar surface area (TPSA) is 109 Å². The van der Waals surface area contributed by atoms with Gasteiger partial charge in [-0.25, -0.2) is 8.78 Å². The van der Waals surface area contributed by atoms with Crippen molar-refractivity contribution in [1.29, 1.82) is 0 Å². The smallest absolute Gasteiger partial charge is 0.255 e. The van der Waals surface area contributed by atoms with E-state index in [1.807, 2.05) is 4.57 Å². The Hall–Kier alpha value is -3.82. The number of halogens is 2. The number of nitrogens with one attached hydrogen (secondary N) is 2. The predicted octanol–water partition coefficient (Wildman–Crippen LogP) is 3.17. The van der Waals surface area contributed by atoms with Crippen molar-refractivity contribution < 1.29 is 23.5 Å². The number of rotatable bonds is 5. The Labute approximate surface area is 182 Å². The number of phenolic OH excluding ortho intramolecular Hbond substituents is 1. The molecule has 0 aliphatic carbocycles. The van der Waals surface area contributed by atoms with E-state index < -0.39 is 23.4 Å². The molecule has 1 aliphatic heterocycles. The van der Waals surface area contributed by atoms with Crippen molar-refractivity contribution in [1.82, 2.24) is 20.1 Å². The van der Waals surface area contributed by atoms with Crippen LogP contribution in [-0.2, 0) is 19.5 Å². The van der Waals surface area contributed by atoms with E-state index in [0.717, 1.165) is 50.2 Å². The number of benzene rings is 2. The summed E-state index contributed by atoms with van der Waals surface area (Å²) in [6.45, 7) is 0.970. The SMILES string of the molecule is O=C(Nc1ccc(C(=O)NCc2nnc3n2CCCCC3)c(O)c1)c1cc(F)cc(F)c1. The summed E-state index contributed by atoms with van der Waals surface area (Å²) in [5.41, 5.74) is -0.0388. The molecule has 10 heteroatoms. The van der Waals surface area contributed by atoms with Crippen molar-refractivity contribution in [2.45, 2.75) is 38.8 Å². The summed E-state index contributed by atoms with van der Waals surface area (Å²) in [5.74, 6) is -1.82. The molecule has 3 aromatic rings. The third-order valence-electron chi connectivity index (χ3n) is 5.22. The number of aromatic hydroxyl groups is 1. The number of phenols is 1. The van der Waals surface area contributed by atoms with E-state index in [2.05, 4.69) is 20.8 Å². The molecular formula is C22H21F2N5O3. The van der Waals surface area contributed by atoms with Crippen LogP contribution in [0.25, 0.3) is 0 Å². The molecule has 1 aromatic heterocycles. The zero-order valence-corrected chi connectivity index (χ0v) is 17.1. The molecule has 2 heterocycles. The molecule has 32 heavy (non-hydrogen) atoms. The first-order valence-corrected chi connectivity index (χ1v) is 10.2. The number of fused-ring (bicyclic) bond motifs is 1. The lowest BCUT2D eigenvalue weighted by Gasteiger charge is -2.11. The molecule has 0 spiro atoms. The van der Waals surface area contributed by atoms with Crippen LogP contribution >= 0.6 is 0 Å². The van der Waals surface area contributed by atoms with Crippen LogP contribution in [0, 0.1) is 11.6 Å². The van der Waals surface area contributed by atoms with Gasteiger partial charge < -0.3 is 20.3 Å². The van der Waals surface area contributed by atoms with Crippen LogP contribution in [0.4, 0.5) is 14.5 Å². The molecule has 1 aliphatic rings. The van der Waals surface area contributed by atoms with Crippen molar-refractivity contribution in [2.24, 2.45) is 0 Å². The Kier molecular flexibility index (Phi) is 6.11. The van der Waals surface area contributed by atoms with E-state index in [1.165, 1.54) is 18.2 Å². The molecule has 4 rings (SSSR count). The van der Waals surface area contributed by atoms with E-state index in [9.17, 15) is 23.5 Å². The van der Waals surface area contributed by atoms with Gasteiger partial charge in [-0.05, 0) is 37.1 Å². The molecule has 0 radical (unpaired) electrons. The Morgan fingerprint density at radius 2 is 1.78 bits per heavy atom. The Bertz CT molecular complexity index is 1160. The van der Waals surface area contributed by atoms with E-state index in [4.69, 9.17) is 0 Å². The summed E-state index contributed by atoms with van der Waals surface area (Å²) in [5, 5.41) is 23.7. The summed E-state index contributed by atoms with van der Waals surface area (Å²) in [6.07, 6.45) is 4.08. The second-order valence-electron chi connectivity index (χ2n) is 7.52. The predicted molar refractivity (Wildman–Crippen MR) is 111 cm³/mol. The lowest BCUT2D eigenvalue weighted by atomic mass is 10.1. The third-order valence-corrected chi connectivity index (χ3v) is 5.22. The number of hydrogen-bond donors (Lipinski definition) is 3. The van der Waals surface area contributed by atoms with Gasteiger partial charge in [0.2, 0.25) is 0 Å². The minimum atomic E-state index is -0.880. The van der Waals surface area contributed by atoms with Crippen LogP contribution in [0.1, 0.15) is 51.6 Å². The molecule has 0 atom stereocenters. The van der Waals surface area contributed by atoms with Crippen LogP contribution in [0.3, 0.4) is 0 Å². The van der Waals surface area contributed by atoms with E-state index in [1.54, 1.807) is 0 Å². The monoisotopic (exact) mass is 441 g/mol. The van der Waals surface area contributed by atoms with Crippen LogP contribution in [0.15, 0.2) is 36.4 Å². The molecular weight excluding hydrogens is 420 g/mol. The van der Waals surface area contributed by atoms with E-state index in [0.29, 0.717) is 11.9 Å². The minimum absolute atomic E-state index is 0.00963. The molecule has 2 aromatic carbocycles. The van der Waals surface area contributed by atoms with Gasteiger partial charge >= 0.3 is 0 Å². The molecule has 8 nitrogen and oxygen atoms in total. The fraction of sp³-hybridized carbons (Fsp3) is 0.273. The quantitative estimate of drug-likeness (QED) is 0.564. The maximum atomic E-state index is 13.3. The van der Waals surface area contributed by atoms with Gasteiger partial charge in [-0.3, -0.25) is 9.59 Å². The average Bonchev–Trinajstić information content (AvgIpc) is 2.97. The lowest BCUT2D eigenvalue weighted by molar-refractivity contribution is 0.0946. The third kappa shape index (κ3) is 4.74. The summed E-state index contributed by atoms with van der Waals surface area (Å²) in [6, 6.07) is 6.39. The fourth-order valence-corrected chi connectivity index (χ4v) is 3.62. The Morgan fingerprint density at radius 3 is 2.53 bits per heavy atom. The van der Waals surface area contributed by atoms with Crippen molar-refractivity contribution in [2.75, 3.05) is 5.32 Å². The highest BCUT2D eigenvalue weighted by Gasteiger charge is 2.17. The Morgan fingerprint density at radius 1 is 1.00 bits per heavy atom. The standard InChI is InChI=1S/C22H21F2N5O3/c23-14-8-13(9-15(24)10-14)21(31)26-16-5-6-17(18(30)11-16)22(32)25-12-20-28-27-19-4-2-1-3-7-29(19)20/h5-6,8-11,30H,1-4,7,12H2,(H,25,32)(H,26,31). The number of carbonyl (C=O) groups is 2. The first-order chi connectivity index (χ1) is 15.4. The van der Waals surface area contributed by atoms with Crippen LogP contribution in [0.5, 0.6) is 5.75 Å². The minimum Gasteiger partial charge on any atom is -0.507 e. The van der Waals surface area contributed by atoms with Crippen molar-refractivity contribution >= 4 is 17.5 Å². The number of hydrogen-bond acceptors (Lipinski definition) is 5. The van der Waals surface area contributed by atoms with Crippen LogP contribution in [0.2, 0.25) is 0 Å². The number of amides is 2. The van der Waals surface area contributed by atoms with Gasteiger partial charge in [-0.15, -0.1) is 10.2 Å². The highest BCUT2D eigenvalue weighted by Crippen LogP contribution is 2.23. The Balaban J connectivity index is 1.41. The molecule has 0 bridgehead atoms. The van der Waals surface area contributed by atoms with Gasteiger partial charge in [-0.2, -0.15) is 0 Å². The number of nitrogens with zero attached hydrogens (tertiary/aromatic N) is 3. The van der Waals surface area contributed by atoms with Gasteiger partial charge in [0.05, 0.1) is 12.1 Å². The van der Waals surface area contributed by atoms with Gasteiger partial charge in [0.15, 0.2) is 5.82 Å². The lowest BCUT2D eigenvalue weighted by Crippen LogP contribution is -2.25. The first kappa shape index (κ1) is 21.4.